The van der Waals surface area contributed by atoms with Crippen molar-refractivity contribution in [2.75, 3.05) is 29.9 Å². The van der Waals surface area contributed by atoms with Crippen LogP contribution in [0.2, 0.25) is 0 Å². The number of aryl methyl sites for hydroxylation is 1. The van der Waals surface area contributed by atoms with Crippen molar-refractivity contribution < 1.29 is 13.2 Å². The highest BCUT2D eigenvalue weighted by molar-refractivity contribution is 7.91. The number of hydrogen-bond donors (Lipinski definition) is 2. The van der Waals surface area contributed by atoms with Gasteiger partial charge in [0, 0.05) is 24.4 Å². The van der Waals surface area contributed by atoms with Crippen molar-refractivity contribution in [3.8, 4) is 0 Å². The topological polar surface area (TPSA) is 93.1 Å². The summed E-state index contributed by atoms with van der Waals surface area (Å²) in [6.07, 6.45) is 4.19. The minimum absolute atomic E-state index is 0.0432. The van der Waals surface area contributed by atoms with E-state index in [1.54, 1.807) is 23.9 Å². The summed E-state index contributed by atoms with van der Waals surface area (Å²) >= 11 is 0. The highest BCUT2D eigenvalue weighted by Gasteiger charge is 2.16. The first kappa shape index (κ1) is 17.0. The van der Waals surface area contributed by atoms with Crippen LogP contribution in [0.3, 0.4) is 0 Å². The summed E-state index contributed by atoms with van der Waals surface area (Å²) in [5, 5.41) is 10.2. The van der Waals surface area contributed by atoms with E-state index in [-0.39, 0.29) is 17.4 Å². The normalized spacial score (nSPS) is 18.5. The van der Waals surface area contributed by atoms with E-state index in [0.717, 1.165) is 25.9 Å². The van der Waals surface area contributed by atoms with Crippen LogP contribution in [0.1, 0.15) is 26.2 Å². The molecule has 1 aliphatic heterocycles. The number of amides is 1. The van der Waals surface area contributed by atoms with Gasteiger partial charge in [0.1, 0.15) is 0 Å². The second-order valence-corrected chi connectivity index (χ2v) is 8.12. The number of anilines is 1. The number of carbonyl (C=O) groups excluding carboxylic acids is 1. The molecule has 2 N–H and O–H groups in total. The van der Waals surface area contributed by atoms with Gasteiger partial charge in [-0.2, -0.15) is 5.10 Å². The molecule has 1 aliphatic rings. The number of carbonyl (C=O) groups is 1. The van der Waals surface area contributed by atoms with Crippen molar-refractivity contribution in [2.45, 2.75) is 32.7 Å². The Morgan fingerprint density at radius 2 is 2.36 bits per heavy atom. The molecule has 1 aromatic rings. The molecular formula is C14H24N4O3S. The predicted octanol–water partition coefficient (Wildman–Crippen LogP) is 0.646. The van der Waals surface area contributed by atoms with Crippen LogP contribution >= 0.6 is 0 Å². The molecule has 2 heterocycles. The average molecular weight is 328 g/mol. The minimum Gasteiger partial charge on any atom is -0.316 e. The largest absolute Gasteiger partial charge is 0.316 e. The quantitative estimate of drug-likeness (QED) is 0.731. The number of sulfone groups is 1. The number of nitrogens with one attached hydrogen (secondary N) is 2. The van der Waals surface area contributed by atoms with Crippen molar-refractivity contribution >= 4 is 21.6 Å². The number of aromatic nitrogens is 2. The van der Waals surface area contributed by atoms with Gasteiger partial charge in [0.05, 0.1) is 12.3 Å². The number of hydrogen-bond acceptors (Lipinski definition) is 5. The molecule has 1 fully saturated rings. The van der Waals surface area contributed by atoms with E-state index in [1.807, 2.05) is 0 Å². The van der Waals surface area contributed by atoms with Crippen LogP contribution in [0.5, 0.6) is 0 Å². The predicted molar refractivity (Wildman–Crippen MR) is 85.4 cm³/mol. The third-order valence-electron chi connectivity index (χ3n) is 3.92. The summed E-state index contributed by atoms with van der Waals surface area (Å²) < 4.78 is 24.4. The fraction of sp³-hybridized carbons (Fsp3) is 0.714. The first-order chi connectivity index (χ1) is 10.5. The summed E-state index contributed by atoms with van der Waals surface area (Å²) in [6, 6.07) is 1.69. The lowest BCUT2D eigenvalue weighted by molar-refractivity contribution is -0.116. The molecule has 124 valence electrons. The fourth-order valence-electron chi connectivity index (χ4n) is 2.43. The molecule has 7 nitrogen and oxygen atoms in total. The van der Waals surface area contributed by atoms with Gasteiger partial charge in [-0.3, -0.25) is 9.48 Å². The van der Waals surface area contributed by atoms with Gasteiger partial charge in [-0.1, -0.05) is 6.92 Å². The maximum Gasteiger partial charge on any atom is 0.225 e. The molecule has 1 atom stereocenters. The Hall–Kier alpha value is -1.41. The Balaban J connectivity index is 1.75. The molecule has 0 bridgehead atoms. The SMILES string of the molecule is CCS(=O)(=O)CCn1ccc(NC(=O)CCC2CCNC2)n1. The second kappa shape index (κ2) is 7.73. The van der Waals surface area contributed by atoms with Gasteiger partial charge < -0.3 is 10.6 Å². The Morgan fingerprint density at radius 3 is 3.05 bits per heavy atom. The van der Waals surface area contributed by atoms with E-state index >= 15 is 0 Å². The maximum atomic E-state index is 11.9. The summed E-state index contributed by atoms with van der Waals surface area (Å²) in [5.74, 6) is 1.21. The molecule has 0 aromatic carbocycles. The van der Waals surface area contributed by atoms with Crippen molar-refractivity contribution in [1.29, 1.82) is 0 Å². The van der Waals surface area contributed by atoms with Gasteiger partial charge in [-0.05, 0) is 31.8 Å². The second-order valence-electron chi connectivity index (χ2n) is 5.65. The van der Waals surface area contributed by atoms with Crippen LogP contribution in [-0.4, -0.2) is 48.7 Å². The van der Waals surface area contributed by atoms with Crippen LogP contribution in [0.4, 0.5) is 5.82 Å². The summed E-state index contributed by atoms with van der Waals surface area (Å²) in [4.78, 5) is 11.9. The average Bonchev–Trinajstić information content (AvgIpc) is 3.15. The Labute approximate surface area is 131 Å². The van der Waals surface area contributed by atoms with Crippen LogP contribution < -0.4 is 10.6 Å². The molecule has 1 saturated heterocycles. The first-order valence-electron chi connectivity index (χ1n) is 7.73. The highest BCUT2D eigenvalue weighted by Crippen LogP contribution is 2.15. The molecule has 1 aromatic heterocycles. The molecule has 22 heavy (non-hydrogen) atoms. The highest BCUT2D eigenvalue weighted by atomic mass is 32.2. The van der Waals surface area contributed by atoms with E-state index in [1.165, 1.54) is 0 Å². The summed E-state index contributed by atoms with van der Waals surface area (Å²) in [6.45, 7) is 3.97. The molecule has 1 unspecified atom stereocenters. The maximum absolute atomic E-state index is 11.9. The van der Waals surface area contributed by atoms with E-state index in [2.05, 4.69) is 15.7 Å². The van der Waals surface area contributed by atoms with Crippen molar-refractivity contribution in [1.82, 2.24) is 15.1 Å². The Morgan fingerprint density at radius 1 is 1.55 bits per heavy atom. The molecular weight excluding hydrogens is 304 g/mol. The molecule has 0 saturated carbocycles. The smallest absolute Gasteiger partial charge is 0.225 e. The lowest BCUT2D eigenvalue weighted by atomic mass is 10.0. The molecule has 0 aliphatic carbocycles. The van der Waals surface area contributed by atoms with Gasteiger partial charge in [0.25, 0.3) is 0 Å². The minimum atomic E-state index is -3.00. The third kappa shape index (κ3) is 5.42. The van der Waals surface area contributed by atoms with E-state index in [4.69, 9.17) is 0 Å². The number of rotatable bonds is 8. The van der Waals surface area contributed by atoms with Crippen LogP contribution in [0.15, 0.2) is 12.3 Å². The zero-order chi connectivity index (χ0) is 16.0. The lowest BCUT2D eigenvalue weighted by Crippen LogP contribution is -2.17. The van der Waals surface area contributed by atoms with Gasteiger partial charge in [0.2, 0.25) is 5.91 Å². The zero-order valence-corrected chi connectivity index (χ0v) is 13.7. The molecule has 1 amide bonds. The van der Waals surface area contributed by atoms with E-state index in [0.29, 0.717) is 24.7 Å². The summed E-state index contributed by atoms with van der Waals surface area (Å²) in [5.41, 5.74) is 0. The van der Waals surface area contributed by atoms with E-state index < -0.39 is 9.84 Å². The van der Waals surface area contributed by atoms with Crippen molar-refractivity contribution in [2.24, 2.45) is 5.92 Å². The monoisotopic (exact) mass is 328 g/mol. The van der Waals surface area contributed by atoms with Crippen LogP contribution in [0.25, 0.3) is 0 Å². The molecule has 2 rings (SSSR count). The summed E-state index contributed by atoms with van der Waals surface area (Å²) in [7, 11) is -3.00. The van der Waals surface area contributed by atoms with Crippen LogP contribution in [-0.2, 0) is 21.2 Å². The standard InChI is InChI=1S/C14H24N4O3S/c1-2-22(20,21)10-9-18-8-6-13(17-18)16-14(19)4-3-12-5-7-15-11-12/h6,8,12,15H,2-5,7,9-11H2,1H3,(H,16,17,19). The molecule has 8 heteroatoms. The van der Waals surface area contributed by atoms with Gasteiger partial charge in [-0.25, -0.2) is 8.42 Å². The molecule has 0 radical (unpaired) electrons. The van der Waals surface area contributed by atoms with E-state index in [9.17, 15) is 13.2 Å². The molecule has 0 spiro atoms. The van der Waals surface area contributed by atoms with Crippen molar-refractivity contribution in [3.05, 3.63) is 12.3 Å². The van der Waals surface area contributed by atoms with Crippen molar-refractivity contribution in [3.63, 3.8) is 0 Å². The first-order valence-corrected chi connectivity index (χ1v) is 9.55. The Kier molecular flexibility index (Phi) is 5.96. The van der Waals surface area contributed by atoms with Crippen LogP contribution in [0, 0.1) is 5.92 Å². The zero-order valence-electron chi connectivity index (χ0n) is 12.9. The third-order valence-corrected chi connectivity index (χ3v) is 5.61. The van der Waals surface area contributed by atoms with Gasteiger partial charge >= 0.3 is 0 Å². The van der Waals surface area contributed by atoms with Gasteiger partial charge in [-0.15, -0.1) is 0 Å². The fourth-order valence-corrected chi connectivity index (χ4v) is 3.19. The van der Waals surface area contributed by atoms with Gasteiger partial charge in [0.15, 0.2) is 15.7 Å². The number of nitrogens with zero attached hydrogens (tertiary/aromatic N) is 2. The Bertz CT molecular complexity index is 591. The lowest BCUT2D eigenvalue weighted by Gasteiger charge is -2.07.